The molecule has 0 aliphatic rings. The van der Waals surface area contributed by atoms with Crippen molar-refractivity contribution in [3.8, 4) is 28.5 Å². The molecule has 3 aromatic rings. The van der Waals surface area contributed by atoms with Gasteiger partial charge in [-0.1, -0.05) is 50.2 Å². The lowest BCUT2D eigenvalue weighted by Gasteiger charge is -2.16. The summed E-state index contributed by atoms with van der Waals surface area (Å²) in [6.07, 6.45) is 0.837. The standard InChI is InChI=1S/C25H28N2O5/c1-4-22-26-19(18-11-8-7-9-12-18)17-23(28)27(22)15-16-31-21-14-10-13-20(30-6-3)25(21)32-24(29)5-2/h7-14,17H,4-6,15-16H2,1-3H3. The van der Waals surface area contributed by atoms with E-state index in [1.165, 1.54) is 0 Å². The van der Waals surface area contributed by atoms with Gasteiger partial charge in [-0.15, -0.1) is 0 Å². The van der Waals surface area contributed by atoms with Gasteiger partial charge in [-0.2, -0.15) is 0 Å². The normalized spacial score (nSPS) is 10.6. The number of aromatic nitrogens is 2. The van der Waals surface area contributed by atoms with Crippen LogP contribution in [0, 0.1) is 0 Å². The summed E-state index contributed by atoms with van der Waals surface area (Å²) < 4.78 is 18.5. The fourth-order valence-electron chi connectivity index (χ4n) is 3.23. The maximum absolute atomic E-state index is 12.8. The van der Waals surface area contributed by atoms with Crippen molar-refractivity contribution in [2.75, 3.05) is 13.2 Å². The number of nitrogens with zero attached hydrogens (tertiary/aromatic N) is 2. The minimum atomic E-state index is -0.382. The lowest BCUT2D eigenvalue weighted by Crippen LogP contribution is -2.27. The summed E-state index contributed by atoms with van der Waals surface area (Å²) in [5, 5.41) is 0. The van der Waals surface area contributed by atoms with Gasteiger partial charge in [0.15, 0.2) is 11.5 Å². The number of para-hydroxylation sites is 1. The molecule has 0 spiro atoms. The van der Waals surface area contributed by atoms with Gasteiger partial charge >= 0.3 is 5.97 Å². The van der Waals surface area contributed by atoms with E-state index in [-0.39, 0.29) is 30.3 Å². The third-order valence-corrected chi connectivity index (χ3v) is 4.79. The van der Waals surface area contributed by atoms with E-state index in [0.29, 0.717) is 42.6 Å². The predicted octanol–water partition coefficient (Wildman–Crippen LogP) is 4.27. The Balaban J connectivity index is 1.80. The van der Waals surface area contributed by atoms with E-state index in [1.54, 1.807) is 35.8 Å². The van der Waals surface area contributed by atoms with E-state index in [9.17, 15) is 9.59 Å². The minimum Gasteiger partial charge on any atom is -0.490 e. The van der Waals surface area contributed by atoms with Gasteiger partial charge in [0.25, 0.3) is 5.56 Å². The van der Waals surface area contributed by atoms with Crippen LogP contribution >= 0.6 is 0 Å². The first kappa shape index (κ1) is 23.1. The summed E-state index contributed by atoms with van der Waals surface area (Å²) >= 11 is 0. The fraction of sp³-hybridized carbons (Fsp3) is 0.320. The van der Waals surface area contributed by atoms with Crippen molar-refractivity contribution in [2.45, 2.75) is 40.2 Å². The van der Waals surface area contributed by atoms with Crippen LogP contribution in [0.5, 0.6) is 17.2 Å². The van der Waals surface area contributed by atoms with Crippen LogP contribution in [-0.4, -0.2) is 28.7 Å². The Morgan fingerprint density at radius 2 is 1.69 bits per heavy atom. The van der Waals surface area contributed by atoms with Gasteiger partial charge in [-0.05, 0) is 19.1 Å². The summed E-state index contributed by atoms with van der Waals surface area (Å²) in [6, 6.07) is 16.4. The molecule has 0 aliphatic carbocycles. The number of carbonyl (C=O) groups is 1. The molecule has 0 radical (unpaired) electrons. The summed E-state index contributed by atoms with van der Waals surface area (Å²) in [5.74, 6) is 1.37. The Morgan fingerprint density at radius 1 is 0.969 bits per heavy atom. The van der Waals surface area contributed by atoms with Gasteiger partial charge in [0.05, 0.1) is 18.8 Å². The largest absolute Gasteiger partial charge is 0.490 e. The average Bonchev–Trinajstić information content (AvgIpc) is 2.82. The van der Waals surface area contributed by atoms with Crippen LogP contribution in [-0.2, 0) is 17.8 Å². The first-order valence-corrected chi connectivity index (χ1v) is 10.8. The van der Waals surface area contributed by atoms with Crippen LogP contribution in [0.15, 0.2) is 59.4 Å². The molecule has 0 unspecified atom stereocenters. The van der Waals surface area contributed by atoms with Crippen molar-refractivity contribution in [3.05, 3.63) is 70.8 Å². The molecular formula is C25H28N2O5. The van der Waals surface area contributed by atoms with Gasteiger partial charge in [0.1, 0.15) is 12.4 Å². The number of benzene rings is 2. The highest BCUT2D eigenvalue weighted by atomic mass is 16.6. The van der Waals surface area contributed by atoms with Gasteiger partial charge in [-0.25, -0.2) is 4.98 Å². The zero-order chi connectivity index (χ0) is 22.9. The molecule has 7 nitrogen and oxygen atoms in total. The number of hydrogen-bond donors (Lipinski definition) is 0. The molecule has 1 aromatic heterocycles. The van der Waals surface area contributed by atoms with Gasteiger partial charge in [-0.3, -0.25) is 14.2 Å². The number of ether oxygens (including phenoxy) is 3. The zero-order valence-electron chi connectivity index (χ0n) is 18.7. The van der Waals surface area contributed by atoms with E-state index in [4.69, 9.17) is 14.2 Å². The Bertz CT molecular complexity index is 1110. The second-order valence-electron chi connectivity index (χ2n) is 6.96. The summed E-state index contributed by atoms with van der Waals surface area (Å²) in [6.45, 7) is 6.47. The second-order valence-corrected chi connectivity index (χ2v) is 6.96. The lowest BCUT2D eigenvalue weighted by molar-refractivity contribution is -0.134. The number of rotatable bonds is 10. The maximum Gasteiger partial charge on any atom is 0.311 e. The van der Waals surface area contributed by atoms with E-state index < -0.39 is 0 Å². The van der Waals surface area contributed by atoms with Crippen molar-refractivity contribution in [3.63, 3.8) is 0 Å². The predicted molar refractivity (Wildman–Crippen MR) is 122 cm³/mol. The molecule has 7 heteroatoms. The number of hydrogen-bond acceptors (Lipinski definition) is 6. The molecule has 2 aromatic carbocycles. The molecule has 32 heavy (non-hydrogen) atoms. The molecule has 0 N–H and O–H groups in total. The van der Waals surface area contributed by atoms with Crippen molar-refractivity contribution >= 4 is 5.97 Å². The van der Waals surface area contributed by atoms with Crippen LogP contribution in [0.2, 0.25) is 0 Å². The van der Waals surface area contributed by atoms with E-state index in [1.807, 2.05) is 44.2 Å². The van der Waals surface area contributed by atoms with Crippen LogP contribution < -0.4 is 19.8 Å². The Labute approximate surface area is 187 Å². The second kappa shape index (κ2) is 11.1. The van der Waals surface area contributed by atoms with Crippen LogP contribution in [0.1, 0.15) is 33.0 Å². The molecule has 0 amide bonds. The van der Waals surface area contributed by atoms with E-state index in [0.717, 1.165) is 5.56 Å². The van der Waals surface area contributed by atoms with Gasteiger partial charge < -0.3 is 14.2 Å². The van der Waals surface area contributed by atoms with Crippen LogP contribution in [0.25, 0.3) is 11.3 Å². The van der Waals surface area contributed by atoms with Gasteiger partial charge in [0.2, 0.25) is 5.75 Å². The number of esters is 1. The minimum absolute atomic E-state index is 0.139. The Morgan fingerprint density at radius 3 is 2.34 bits per heavy atom. The smallest absolute Gasteiger partial charge is 0.311 e. The molecule has 0 fully saturated rings. The monoisotopic (exact) mass is 436 g/mol. The molecule has 0 saturated carbocycles. The highest BCUT2D eigenvalue weighted by Crippen LogP contribution is 2.37. The van der Waals surface area contributed by atoms with Gasteiger partial charge in [0, 0.05) is 24.5 Å². The zero-order valence-corrected chi connectivity index (χ0v) is 18.7. The molecule has 0 bridgehead atoms. The molecule has 1 heterocycles. The molecule has 0 aliphatic heterocycles. The van der Waals surface area contributed by atoms with Crippen molar-refractivity contribution in [1.82, 2.24) is 9.55 Å². The highest BCUT2D eigenvalue weighted by molar-refractivity contribution is 5.74. The molecule has 3 rings (SSSR count). The first-order chi connectivity index (χ1) is 15.6. The Hall–Kier alpha value is -3.61. The average molecular weight is 437 g/mol. The quantitative estimate of drug-likeness (QED) is 0.349. The Kier molecular flexibility index (Phi) is 8.02. The maximum atomic E-state index is 12.8. The molecular weight excluding hydrogens is 408 g/mol. The topological polar surface area (TPSA) is 79.7 Å². The highest BCUT2D eigenvalue weighted by Gasteiger charge is 2.16. The summed E-state index contributed by atoms with van der Waals surface area (Å²) in [4.78, 5) is 29.4. The summed E-state index contributed by atoms with van der Waals surface area (Å²) in [5.41, 5.74) is 1.42. The van der Waals surface area contributed by atoms with Crippen LogP contribution in [0.4, 0.5) is 0 Å². The number of carbonyl (C=O) groups excluding carboxylic acids is 1. The molecule has 0 atom stereocenters. The van der Waals surface area contributed by atoms with Crippen molar-refractivity contribution < 1.29 is 19.0 Å². The number of aryl methyl sites for hydroxylation is 1. The third-order valence-electron chi connectivity index (χ3n) is 4.79. The SMILES string of the molecule is CCOc1cccc(OCCn2c(CC)nc(-c3ccccc3)cc2=O)c1OC(=O)CC. The van der Waals surface area contributed by atoms with Crippen molar-refractivity contribution in [1.29, 1.82) is 0 Å². The van der Waals surface area contributed by atoms with Crippen molar-refractivity contribution in [2.24, 2.45) is 0 Å². The van der Waals surface area contributed by atoms with Crippen LogP contribution in [0.3, 0.4) is 0 Å². The van der Waals surface area contributed by atoms with E-state index in [2.05, 4.69) is 4.98 Å². The fourth-order valence-corrected chi connectivity index (χ4v) is 3.23. The molecule has 168 valence electrons. The van der Waals surface area contributed by atoms with E-state index >= 15 is 0 Å². The third kappa shape index (κ3) is 5.55. The molecule has 0 saturated heterocycles. The summed E-state index contributed by atoms with van der Waals surface area (Å²) in [7, 11) is 0. The lowest BCUT2D eigenvalue weighted by atomic mass is 10.1. The first-order valence-electron chi connectivity index (χ1n) is 10.8.